The third-order valence-electron chi connectivity index (χ3n) is 7.62. The molecule has 0 spiro atoms. The van der Waals surface area contributed by atoms with Crippen molar-refractivity contribution in [1.29, 1.82) is 0 Å². The fourth-order valence-corrected chi connectivity index (χ4v) is 6.59. The first-order valence-corrected chi connectivity index (χ1v) is 10.7. The lowest BCUT2D eigenvalue weighted by Gasteiger charge is -2.59. The van der Waals surface area contributed by atoms with E-state index in [1.54, 1.807) is 0 Å². The molecule has 4 fully saturated rings. The summed E-state index contributed by atoms with van der Waals surface area (Å²) in [5.41, 5.74) is 3.46. The van der Waals surface area contributed by atoms with E-state index in [9.17, 15) is 4.79 Å². The molecule has 1 aromatic carbocycles. The monoisotopic (exact) mass is 375 g/mol. The van der Waals surface area contributed by atoms with E-state index < -0.39 is 0 Å². The van der Waals surface area contributed by atoms with Crippen LogP contribution in [0.15, 0.2) is 36.4 Å². The Labute approximate surface area is 167 Å². The number of nitrogens with one attached hydrogen (secondary N) is 1. The number of rotatable bonds is 4. The molecule has 1 amide bonds. The van der Waals surface area contributed by atoms with Crippen LogP contribution < -0.4 is 5.32 Å². The van der Waals surface area contributed by atoms with E-state index in [0.717, 1.165) is 34.6 Å². The van der Waals surface area contributed by atoms with Crippen LogP contribution in [-0.4, -0.2) is 22.1 Å². The van der Waals surface area contributed by atoms with Crippen LogP contribution in [0.4, 0.5) is 0 Å². The lowest BCUT2D eigenvalue weighted by molar-refractivity contribution is -0.0688. The molecule has 146 valence electrons. The summed E-state index contributed by atoms with van der Waals surface area (Å²) >= 11 is 0. The van der Waals surface area contributed by atoms with Gasteiger partial charge in [-0.15, -0.1) is 10.2 Å². The first-order valence-electron chi connectivity index (χ1n) is 10.7. The molecule has 1 heterocycles. The van der Waals surface area contributed by atoms with Gasteiger partial charge in [0, 0.05) is 11.6 Å². The van der Waals surface area contributed by atoms with Gasteiger partial charge in [-0.05, 0) is 87.2 Å². The summed E-state index contributed by atoms with van der Waals surface area (Å²) in [6.45, 7) is 4.16. The van der Waals surface area contributed by atoms with Crippen molar-refractivity contribution in [1.82, 2.24) is 15.5 Å². The fraction of sp³-hybridized carbons (Fsp3) is 0.542. The van der Waals surface area contributed by atoms with E-state index in [4.69, 9.17) is 0 Å². The van der Waals surface area contributed by atoms with Gasteiger partial charge in [0.15, 0.2) is 5.69 Å². The highest BCUT2D eigenvalue weighted by molar-refractivity contribution is 5.94. The Morgan fingerprint density at radius 2 is 1.64 bits per heavy atom. The topological polar surface area (TPSA) is 54.9 Å². The molecule has 4 nitrogen and oxygen atoms in total. The van der Waals surface area contributed by atoms with Crippen LogP contribution in [-0.2, 0) is 0 Å². The van der Waals surface area contributed by atoms with Gasteiger partial charge in [-0.25, -0.2) is 0 Å². The Hall–Kier alpha value is -2.23. The van der Waals surface area contributed by atoms with Crippen LogP contribution in [0.1, 0.15) is 61.5 Å². The Morgan fingerprint density at radius 1 is 1.04 bits per heavy atom. The molecule has 1 unspecified atom stereocenters. The standard InChI is InChI=1S/C24H29N3O/c1-15-8-21(20-6-4-3-5-7-20)26-27-22(15)23(28)25-16(2)24-12-17-9-18(13-24)11-19(10-17)14-24/h3-8,16-19H,9-14H2,1-2H3,(H,25,28). The lowest BCUT2D eigenvalue weighted by atomic mass is 9.48. The predicted molar refractivity (Wildman–Crippen MR) is 110 cm³/mol. The zero-order chi connectivity index (χ0) is 19.3. The molecule has 1 aromatic heterocycles. The number of hydrogen-bond donors (Lipinski definition) is 1. The normalized spacial score (nSPS) is 31.6. The summed E-state index contributed by atoms with van der Waals surface area (Å²) in [6.07, 6.45) is 8.14. The zero-order valence-electron chi connectivity index (χ0n) is 16.8. The van der Waals surface area contributed by atoms with Crippen LogP contribution in [0.25, 0.3) is 11.3 Å². The minimum atomic E-state index is -0.0761. The molecule has 4 saturated carbocycles. The second-order valence-electron chi connectivity index (χ2n) is 9.60. The molecule has 4 aliphatic rings. The van der Waals surface area contributed by atoms with Gasteiger partial charge in [0.1, 0.15) is 0 Å². The van der Waals surface area contributed by atoms with Crippen molar-refractivity contribution in [2.75, 3.05) is 0 Å². The molecule has 0 aliphatic heterocycles. The zero-order valence-corrected chi connectivity index (χ0v) is 16.8. The van der Waals surface area contributed by atoms with Crippen molar-refractivity contribution < 1.29 is 4.79 Å². The van der Waals surface area contributed by atoms with Gasteiger partial charge >= 0.3 is 0 Å². The van der Waals surface area contributed by atoms with Gasteiger partial charge in [0.25, 0.3) is 5.91 Å². The molecule has 4 aliphatic carbocycles. The first kappa shape index (κ1) is 17.8. The van der Waals surface area contributed by atoms with Gasteiger partial charge in [-0.1, -0.05) is 30.3 Å². The fourth-order valence-electron chi connectivity index (χ4n) is 6.59. The van der Waals surface area contributed by atoms with Gasteiger partial charge in [0.2, 0.25) is 0 Å². The van der Waals surface area contributed by atoms with Crippen molar-refractivity contribution >= 4 is 5.91 Å². The summed E-state index contributed by atoms with van der Waals surface area (Å²) < 4.78 is 0. The molecule has 28 heavy (non-hydrogen) atoms. The van der Waals surface area contributed by atoms with Crippen LogP contribution >= 0.6 is 0 Å². The molecular weight excluding hydrogens is 346 g/mol. The average molecular weight is 376 g/mol. The molecule has 4 bridgehead atoms. The van der Waals surface area contributed by atoms with E-state index in [1.165, 1.54) is 38.5 Å². The second kappa shape index (κ2) is 6.68. The van der Waals surface area contributed by atoms with E-state index in [0.29, 0.717) is 11.1 Å². The van der Waals surface area contributed by atoms with Crippen LogP contribution in [0.5, 0.6) is 0 Å². The summed E-state index contributed by atoms with van der Waals surface area (Å²) in [7, 11) is 0. The highest BCUT2D eigenvalue weighted by Gasteiger charge is 2.53. The van der Waals surface area contributed by atoms with Gasteiger partial charge < -0.3 is 5.32 Å². The smallest absolute Gasteiger partial charge is 0.272 e. The van der Waals surface area contributed by atoms with E-state index in [1.807, 2.05) is 43.3 Å². The lowest BCUT2D eigenvalue weighted by Crippen LogP contribution is -2.55. The molecule has 0 radical (unpaired) electrons. The van der Waals surface area contributed by atoms with Crippen molar-refractivity contribution in [3.8, 4) is 11.3 Å². The second-order valence-corrected chi connectivity index (χ2v) is 9.60. The minimum Gasteiger partial charge on any atom is -0.348 e. The summed E-state index contributed by atoms with van der Waals surface area (Å²) in [5.74, 6) is 2.58. The molecule has 2 aromatic rings. The third kappa shape index (κ3) is 3.03. The van der Waals surface area contributed by atoms with Crippen LogP contribution in [0.3, 0.4) is 0 Å². The van der Waals surface area contributed by atoms with Gasteiger partial charge in [-0.3, -0.25) is 4.79 Å². The number of carbonyl (C=O) groups excluding carboxylic acids is 1. The molecule has 1 N–H and O–H groups in total. The molecule has 4 heteroatoms. The minimum absolute atomic E-state index is 0.0761. The number of amides is 1. The predicted octanol–water partition coefficient (Wildman–Crippen LogP) is 4.79. The number of hydrogen-bond acceptors (Lipinski definition) is 3. The van der Waals surface area contributed by atoms with Crippen molar-refractivity contribution in [3.05, 3.63) is 47.7 Å². The summed E-state index contributed by atoms with van der Waals surface area (Å²) in [5, 5.41) is 11.9. The average Bonchev–Trinajstić information content (AvgIpc) is 2.67. The maximum atomic E-state index is 13.0. The first-order chi connectivity index (χ1) is 13.5. The molecule has 6 rings (SSSR count). The van der Waals surface area contributed by atoms with Crippen molar-refractivity contribution in [3.63, 3.8) is 0 Å². The van der Waals surface area contributed by atoms with Crippen LogP contribution in [0.2, 0.25) is 0 Å². The molecular formula is C24H29N3O. The Balaban J connectivity index is 1.33. The van der Waals surface area contributed by atoms with Crippen LogP contribution in [0, 0.1) is 30.1 Å². The highest BCUT2D eigenvalue weighted by Crippen LogP contribution is 2.61. The number of carbonyl (C=O) groups is 1. The van der Waals surface area contributed by atoms with E-state index in [-0.39, 0.29) is 11.9 Å². The highest BCUT2D eigenvalue weighted by atomic mass is 16.2. The number of nitrogens with zero attached hydrogens (tertiary/aromatic N) is 2. The number of benzene rings is 1. The van der Waals surface area contributed by atoms with Gasteiger partial charge in [0.05, 0.1) is 5.69 Å². The van der Waals surface area contributed by atoms with Gasteiger partial charge in [-0.2, -0.15) is 0 Å². The summed E-state index contributed by atoms with van der Waals surface area (Å²) in [6, 6.07) is 12.1. The molecule has 1 atom stereocenters. The van der Waals surface area contributed by atoms with E-state index in [2.05, 4.69) is 22.4 Å². The number of aryl methyl sites for hydroxylation is 1. The molecule has 0 saturated heterocycles. The van der Waals surface area contributed by atoms with E-state index >= 15 is 0 Å². The maximum Gasteiger partial charge on any atom is 0.272 e. The largest absolute Gasteiger partial charge is 0.348 e. The quantitative estimate of drug-likeness (QED) is 0.836. The third-order valence-corrected chi connectivity index (χ3v) is 7.62. The Morgan fingerprint density at radius 3 is 2.21 bits per heavy atom. The maximum absolute atomic E-state index is 13.0. The van der Waals surface area contributed by atoms with Crippen molar-refractivity contribution in [2.24, 2.45) is 23.2 Å². The SMILES string of the molecule is Cc1cc(-c2ccccc2)nnc1C(=O)NC(C)C12CC3CC(CC(C3)C1)C2. The summed E-state index contributed by atoms with van der Waals surface area (Å²) in [4.78, 5) is 13.0. The number of aromatic nitrogens is 2. The van der Waals surface area contributed by atoms with Crippen molar-refractivity contribution in [2.45, 2.75) is 58.4 Å². The Kier molecular flexibility index (Phi) is 4.26. The Bertz CT molecular complexity index is 857.